The van der Waals surface area contributed by atoms with E-state index in [-0.39, 0.29) is 0 Å². The fraction of sp³-hybridized carbons (Fsp3) is 0.733. The highest BCUT2D eigenvalue weighted by Crippen LogP contribution is 2.56. The molecule has 2 unspecified atom stereocenters. The Labute approximate surface area is 197 Å². The van der Waals surface area contributed by atoms with Crippen molar-refractivity contribution in [3.8, 4) is 0 Å². The number of hydrogen-bond donors (Lipinski definition) is 0. The lowest BCUT2D eigenvalue weighted by molar-refractivity contribution is -0.548. The van der Waals surface area contributed by atoms with E-state index >= 15 is 0 Å². The molecule has 38 heavy (non-hydrogen) atoms. The molecule has 0 aliphatic carbocycles. The minimum atomic E-state index is -8.13. The van der Waals surface area contributed by atoms with Crippen LogP contribution in [0.2, 0.25) is 0 Å². The van der Waals surface area contributed by atoms with Crippen LogP contribution in [-0.2, 0) is 28.5 Å². The van der Waals surface area contributed by atoms with Crippen molar-refractivity contribution in [2.75, 3.05) is 13.2 Å². The third-order valence-corrected chi connectivity index (χ3v) is 3.52. The Morgan fingerprint density at radius 2 is 1.03 bits per heavy atom. The first-order valence-corrected chi connectivity index (χ1v) is 8.53. The van der Waals surface area contributed by atoms with E-state index in [1.807, 2.05) is 0 Å². The quantitative estimate of drug-likeness (QED) is 0.133. The highest BCUT2D eigenvalue weighted by molar-refractivity contribution is 5.86. The molecule has 0 aromatic carbocycles. The lowest BCUT2D eigenvalue weighted by Crippen LogP contribution is -2.68. The van der Waals surface area contributed by atoms with E-state index in [2.05, 4.69) is 16.1 Å². The van der Waals surface area contributed by atoms with Gasteiger partial charge in [-0.3, -0.25) is 9.47 Å². The maximum absolute atomic E-state index is 14.1. The second kappa shape index (κ2) is 10.5. The molecule has 0 bridgehead atoms. The van der Waals surface area contributed by atoms with Crippen LogP contribution in [0, 0.1) is 0 Å². The van der Waals surface area contributed by atoms with E-state index in [1.165, 1.54) is 4.74 Å². The summed E-state index contributed by atoms with van der Waals surface area (Å²) in [5, 5.41) is 0. The van der Waals surface area contributed by atoms with Crippen LogP contribution >= 0.6 is 0 Å². The van der Waals surface area contributed by atoms with Gasteiger partial charge in [-0.05, 0) is 6.92 Å². The topological polar surface area (TPSA) is 71.1 Å². The zero-order valence-corrected chi connectivity index (χ0v) is 17.5. The van der Waals surface area contributed by atoms with Gasteiger partial charge in [-0.1, -0.05) is 6.58 Å². The second-order valence-electron chi connectivity index (χ2n) is 6.55. The Hall–Kier alpha value is -2.59. The van der Waals surface area contributed by atoms with E-state index in [1.54, 1.807) is 4.74 Å². The number of ether oxygens (including phenoxy) is 4. The summed E-state index contributed by atoms with van der Waals surface area (Å²) in [6, 6.07) is 0. The molecule has 0 saturated heterocycles. The van der Waals surface area contributed by atoms with Crippen molar-refractivity contribution in [3.63, 3.8) is 0 Å². The molecule has 0 aromatic heterocycles. The van der Waals surface area contributed by atoms with E-state index in [0.29, 0.717) is 0 Å². The summed E-state index contributed by atoms with van der Waals surface area (Å²) in [7, 11) is 0. The summed E-state index contributed by atoms with van der Waals surface area (Å²) in [4.78, 5) is 22.3. The Morgan fingerprint density at radius 1 is 0.605 bits per heavy atom. The maximum Gasteiger partial charge on any atom is 0.462 e. The lowest BCUT2D eigenvalue weighted by atomic mass is 10.2. The van der Waals surface area contributed by atoms with Gasteiger partial charge >= 0.3 is 60.3 Å². The number of carbonyl (C=O) groups excluding carboxylic acids is 2. The molecular formula is C15H9F17O6. The van der Waals surface area contributed by atoms with Crippen molar-refractivity contribution >= 4 is 11.9 Å². The van der Waals surface area contributed by atoms with Crippen LogP contribution in [0.4, 0.5) is 74.6 Å². The van der Waals surface area contributed by atoms with Gasteiger partial charge in [0.05, 0.1) is 0 Å². The zero-order valence-electron chi connectivity index (χ0n) is 17.5. The minimum Gasteiger partial charge on any atom is -0.459 e. The molecular weight excluding hydrogens is 599 g/mol. The van der Waals surface area contributed by atoms with Crippen molar-refractivity contribution in [3.05, 3.63) is 12.2 Å². The van der Waals surface area contributed by atoms with Gasteiger partial charge in [-0.2, -0.15) is 74.6 Å². The summed E-state index contributed by atoms with van der Waals surface area (Å²) in [6.07, 6.45) is -38.9. The van der Waals surface area contributed by atoms with Gasteiger partial charge in [0, 0.05) is 5.57 Å². The standard InChI is InChI=1S/C15H9F17O6/c1-5(2)6(33)35-3-4-36-7(34)8(16,11(20,21)22)37-15(31,32)10(19,13(26,27)28)38-14(29,30)9(17,18)12(23,24)25/h1,3-4H2,2H3. The van der Waals surface area contributed by atoms with Gasteiger partial charge in [-0.25, -0.2) is 9.59 Å². The van der Waals surface area contributed by atoms with Crippen LogP contribution in [-0.4, -0.2) is 73.5 Å². The number of rotatable bonds is 11. The van der Waals surface area contributed by atoms with Gasteiger partial charge in [-0.15, -0.1) is 0 Å². The third kappa shape index (κ3) is 6.88. The first-order valence-electron chi connectivity index (χ1n) is 8.53. The van der Waals surface area contributed by atoms with Crippen LogP contribution in [0.3, 0.4) is 0 Å². The number of carbonyl (C=O) groups is 2. The molecule has 0 N–H and O–H groups in total. The monoisotopic (exact) mass is 608 g/mol. The number of alkyl halides is 17. The summed E-state index contributed by atoms with van der Waals surface area (Å²) >= 11 is 0. The largest absolute Gasteiger partial charge is 0.462 e. The Bertz CT molecular complexity index is 892. The predicted octanol–water partition coefficient (Wildman–Crippen LogP) is 5.52. The van der Waals surface area contributed by atoms with Crippen LogP contribution < -0.4 is 0 Å². The van der Waals surface area contributed by atoms with Crippen LogP contribution in [0.25, 0.3) is 0 Å². The first kappa shape index (κ1) is 35.4. The fourth-order valence-electron chi connectivity index (χ4n) is 1.63. The summed E-state index contributed by atoms with van der Waals surface area (Å²) in [6.45, 7) is 0.926. The fourth-order valence-corrected chi connectivity index (χ4v) is 1.63. The predicted molar refractivity (Wildman–Crippen MR) is 79.6 cm³/mol. The Kier molecular flexibility index (Phi) is 9.81. The van der Waals surface area contributed by atoms with Crippen molar-refractivity contribution in [1.29, 1.82) is 0 Å². The Morgan fingerprint density at radius 3 is 1.37 bits per heavy atom. The van der Waals surface area contributed by atoms with Gasteiger partial charge < -0.3 is 9.47 Å². The van der Waals surface area contributed by atoms with Gasteiger partial charge in [0.15, 0.2) is 0 Å². The molecule has 0 aromatic rings. The SMILES string of the molecule is C=C(C)C(=O)OCCOC(=O)C(F)(OC(F)(F)C(F)(OC(F)(F)C(F)(F)C(F)(F)F)C(F)(F)F)C(F)(F)F. The molecule has 224 valence electrons. The maximum atomic E-state index is 14.1. The molecule has 0 aliphatic rings. The molecule has 0 heterocycles. The van der Waals surface area contributed by atoms with E-state index in [0.717, 1.165) is 6.92 Å². The van der Waals surface area contributed by atoms with E-state index in [9.17, 15) is 84.2 Å². The van der Waals surface area contributed by atoms with Crippen LogP contribution in [0.1, 0.15) is 6.92 Å². The molecule has 0 aliphatic heterocycles. The van der Waals surface area contributed by atoms with Crippen molar-refractivity contribution in [2.24, 2.45) is 0 Å². The smallest absolute Gasteiger partial charge is 0.459 e. The van der Waals surface area contributed by atoms with Crippen molar-refractivity contribution in [2.45, 2.75) is 55.3 Å². The van der Waals surface area contributed by atoms with Gasteiger partial charge in [0.1, 0.15) is 13.2 Å². The molecule has 2 atom stereocenters. The minimum absolute atomic E-state index is 0.395. The normalized spacial score (nSPS) is 17.3. The zero-order chi connectivity index (χ0) is 31.0. The molecule has 23 heteroatoms. The summed E-state index contributed by atoms with van der Waals surface area (Å²) in [5.41, 5.74) is -0.395. The molecule has 0 saturated carbocycles. The van der Waals surface area contributed by atoms with E-state index in [4.69, 9.17) is 0 Å². The molecule has 6 nitrogen and oxygen atoms in total. The Balaban J connectivity index is 6.41. The third-order valence-electron chi connectivity index (χ3n) is 3.52. The number of halogens is 17. The van der Waals surface area contributed by atoms with Crippen LogP contribution in [0.5, 0.6) is 0 Å². The van der Waals surface area contributed by atoms with Gasteiger partial charge in [0.2, 0.25) is 0 Å². The first-order chi connectivity index (χ1) is 16.4. The number of esters is 2. The summed E-state index contributed by atoms with van der Waals surface area (Å²) in [5.74, 6) is -28.2. The number of hydrogen-bond acceptors (Lipinski definition) is 6. The van der Waals surface area contributed by atoms with Crippen molar-refractivity contribution < 1.29 is 103 Å². The highest BCUT2D eigenvalue weighted by atomic mass is 19.4. The summed E-state index contributed by atoms with van der Waals surface area (Å²) < 4.78 is 231. The van der Waals surface area contributed by atoms with E-state index < -0.39 is 79.1 Å². The molecule has 0 spiro atoms. The highest BCUT2D eigenvalue weighted by Gasteiger charge is 2.85. The molecule has 0 amide bonds. The van der Waals surface area contributed by atoms with Gasteiger partial charge in [0.25, 0.3) is 0 Å². The molecule has 0 radical (unpaired) electrons. The van der Waals surface area contributed by atoms with Crippen LogP contribution in [0.15, 0.2) is 12.2 Å². The second-order valence-corrected chi connectivity index (χ2v) is 6.55. The average Bonchev–Trinajstić information content (AvgIpc) is 2.66. The lowest BCUT2D eigenvalue weighted by Gasteiger charge is -2.39. The average molecular weight is 608 g/mol. The van der Waals surface area contributed by atoms with Crippen molar-refractivity contribution in [1.82, 2.24) is 0 Å². The molecule has 0 fully saturated rings. The molecule has 0 rings (SSSR count).